The van der Waals surface area contributed by atoms with Gasteiger partial charge in [-0.1, -0.05) is 29.8 Å². The summed E-state index contributed by atoms with van der Waals surface area (Å²) in [5, 5.41) is 10.3. The van der Waals surface area contributed by atoms with E-state index in [1.54, 1.807) is 17.5 Å². The van der Waals surface area contributed by atoms with Crippen molar-refractivity contribution in [3.8, 4) is 11.3 Å². The van der Waals surface area contributed by atoms with Crippen LogP contribution in [0.5, 0.6) is 0 Å². The smallest absolute Gasteiger partial charge is 0.183 e. The number of hydrogen-bond acceptors (Lipinski definition) is 6. The number of rotatable bonds is 6. The third kappa shape index (κ3) is 4.77. The molecule has 3 aromatic rings. The van der Waals surface area contributed by atoms with Gasteiger partial charge < -0.3 is 15.4 Å². The molecule has 140 valence electrons. The van der Waals surface area contributed by atoms with Crippen molar-refractivity contribution >= 4 is 39.6 Å². The monoisotopic (exact) mass is 400 g/mol. The zero-order valence-electron chi connectivity index (χ0n) is 14.8. The van der Waals surface area contributed by atoms with Gasteiger partial charge in [0.2, 0.25) is 0 Å². The van der Waals surface area contributed by atoms with Crippen molar-refractivity contribution in [2.45, 2.75) is 12.8 Å². The predicted octanol–water partition coefficient (Wildman–Crippen LogP) is 5.44. The lowest BCUT2D eigenvalue weighted by molar-refractivity contribution is 0.0699. The first-order chi connectivity index (χ1) is 13.3. The summed E-state index contributed by atoms with van der Waals surface area (Å²) >= 11 is 7.98. The van der Waals surface area contributed by atoms with Crippen molar-refractivity contribution in [1.29, 1.82) is 0 Å². The average molecular weight is 401 g/mol. The minimum Gasteiger partial charge on any atom is -0.381 e. The number of anilines is 3. The molecular weight excluding hydrogens is 380 g/mol. The lowest BCUT2D eigenvalue weighted by atomic mass is 10.0. The number of aromatic nitrogens is 2. The number of halogens is 1. The Morgan fingerprint density at radius 2 is 2.00 bits per heavy atom. The summed E-state index contributed by atoms with van der Waals surface area (Å²) in [6.45, 7) is 2.65. The highest BCUT2D eigenvalue weighted by Gasteiger charge is 2.15. The second-order valence-corrected chi connectivity index (χ2v) is 7.78. The van der Waals surface area contributed by atoms with Gasteiger partial charge in [0.05, 0.1) is 10.7 Å². The van der Waals surface area contributed by atoms with Crippen molar-refractivity contribution in [2.24, 2.45) is 5.92 Å². The van der Waals surface area contributed by atoms with E-state index >= 15 is 0 Å². The van der Waals surface area contributed by atoms with Gasteiger partial charge in [-0.2, -0.15) is 0 Å². The SMILES string of the molecule is Clc1cnc(Nc2ccccc2)cc1-c1csc(NCC2CCOCC2)n1. The van der Waals surface area contributed by atoms with Gasteiger partial charge in [0.25, 0.3) is 0 Å². The number of benzene rings is 1. The third-order valence-electron chi connectivity index (χ3n) is 4.56. The van der Waals surface area contributed by atoms with E-state index in [0.29, 0.717) is 10.9 Å². The standard InChI is InChI=1S/C20H21ClN4OS/c21-17-12-22-19(24-15-4-2-1-3-5-15)10-16(17)18-13-27-20(25-18)23-11-14-6-8-26-9-7-14/h1-5,10,12-14H,6-9,11H2,(H,22,24)(H,23,25). The normalized spacial score (nSPS) is 14.9. The molecule has 0 unspecified atom stereocenters. The van der Waals surface area contributed by atoms with E-state index in [0.717, 1.165) is 60.5 Å². The molecule has 5 nitrogen and oxygen atoms in total. The van der Waals surface area contributed by atoms with Gasteiger partial charge in [-0.15, -0.1) is 11.3 Å². The van der Waals surface area contributed by atoms with Gasteiger partial charge in [-0.05, 0) is 37.0 Å². The average Bonchev–Trinajstić information content (AvgIpc) is 3.18. The van der Waals surface area contributed by atoms with Gasteiger partial charge in [-0.3, -0.25) is 0 Å². The van der Waals surface area contributed by atoms with Crippen LogP contribution in [-0.2, 0) is 4.74 Å². The van der Waals surface area contributed by atoms with Gasteiger partial charge in [0, 0.05) is 42.6 Å². The molecule has 1 aromatic carbocycles. The lowest BCUT2D eigenvalue weighted by Crippen LogP contribution is -2.22. The third-order valence-corrected chi connectivity index (χ3v) is 5.67. The zero-order valence-corrected chi connectivity index (χ0v) is 16.4. The highest BCUT2D eigenvalue weighted by atomic mass is 35.5. The van der Waals surface area contributed by atoms with Crippen LogP contribution in [0.25, 0.3) is 11.3 Å². The van der Waals surface area contributed by atoms with Crippen LogP contribution < -0.4 is 10.6 Å². The van der Waals surface area contributed by atoms with Gasteiger partial charge in [-0.25, -0.2) is 9.97 Å². The van der Waals surface area contributed by atoms with Crippen molar-refractivity contribution in [1.82, 2.24) is 9.97 Å². The summed E-state index contributed by atoms with van der Waals surface area (Å²) in [6, 6.07) is 11.9. The molecule has 2 N–H and O–H groups in total. The molecule has 0 aliphatic carbocycles. The Hall–Kier alpha value is -2.15. The highest BCUT2D eigenvalue weighted by Crippen LogP contribution is 2.32. The maximum absolute atomic E-state index is 6.38. The minimum absolute atomic E-state index is 0.592. The molecule has 0 spiro atoms. The second-order valence-electron chi connectivity index (χ2n) is 6.51. The van der Waals surface area contributed by atoms with Crippen LogP contribution in [0, 0.1) is 5.92 Å². The number of hydrogen-bond donors (Lipinski definition) is 2. The number of nitrogens with one attached hydrogen (secondary N) is 2. The van der Waals surface area contributed by atoms with E-state index in [1.807, 2.05) is 41.8 Å². The van der Waals surface area contributed by atoms with E-state index < -0.39 is 0 Å². The topological polar surface area (TPSA) is 59.1 Å². The first kappa shape index (κ1) is 18.2. The zero-order chi connectivity index (χ0) is 18.5. The highest BCUT2D eigenvalue weighted by molar-refractivity contribution is 7.14. The Kier molecular flexibility index (Phi) is 5.87. The molecule has 27 heavy (non-hydrogen) atoms. The summed E-state index contributed by atoms with van der Waals surface area (Å²) < 4.78 is 5.41. The van der Waals surface area contributed by atoms with Crippen LogP contribution in [0.4, 0.5) is 16.6 Å². The van der Waals surface area contributed by atoms with Crippen LogP contribution in [0.1, 0.15) is 12.8 Å². The molecule has 2 aromatic heterocycles. The fraction of sp³-hybridized carbons (Fsp3) is 0.300. The number of pyridine rings is 1. The van der Waals surface area contributed by atoms with Crippen molar-refractivity contribution in [3.63, 3.8) is 0 Å². The van der Waals surface area contributed by atoms with Crippen molar-refractivity contribution < 1.29 is 4.74 Å². The minimum atomic E-state index is 0.592. The van der Waals surface area contributed by atoms with E-state index in [9.17, 15) is 0 Å². The molecule has 7 heteroatoms. The molecule has 1 saturated heterocycles. The van der Waals surface area contributed by atoms with Crippen LogP contribution in [0.3, 0.4) is 0 Å². The Bertz CT molecular complexity index is 881. The van der Waals surface area contributed by atoms with E-state index in [4.69, 9.17) is 21.3 Å². The quantitative estimate of drug-likeness (QED) is 0.576. The van der Waals surface area contributed by atoms with Gasteiger partial charge in [0.15, 0.2) is 5.13 Å². The second kappa shape index (κ2) is 8.69. The maximum atomic E-state index is 6.38. The van der Waals surface area contributed by atoms with Crippen LogP contribution in [0.15, 0.2) is 48.0 Å². The molecule has 0 bridgehead atoms. The summed E-state index contributed by atoms with van der Waals surface area (Å²) in [5.74, 6) is 1.39. The molecule has 1 fully saturated rings. The number of thiazole rings is 1. The Morgan fingerprint density at radius 3 is 2.81 bits per heavy atom. The first-order valence-corrected chi connectivity index (χ1v) is 10.3. The number of nitrogens with zero attached hydrogens (tertiary/aromatic N) is 2. The van der Waals surface area contributed by atoms with E-state index in [1.165, 1.54) is 0 Å². The summed E-state index contributed by atoms with van der Waals surface area (Å²) in [4.78, 5) is 9.08. The Labute approximate surface area is 167 Å². The fourth-order valence-corrected chi connectivity index (χ4v) is 3.95. The first-order valence-electron chi connectivity index (χ1n) is 9.03. The predicted molar refractivity (Wildman–Crippen MR) is 112 cm³/mol. The largest absolute Gasteiger partial charge is 0.381 e. The Morgan fingerprint density at radius 1 is 1.19 bits per heavy atom. The van der Waals surface area contributed by atoms with Crippen molar-refractivity contribution in [2.75, 3.05) is 30.4 Å². The molecule has 0 saturated carbocycles. The van der Waals surface area contributed by atoms with Crippen LogP contribution in [-0.4, -0.2) is 29.7 Å². The van der Waals surface area contributed by atoms with Crippen LogP contribution >= 0.6 is 22.9 Å². The summed E-state index contributed by atoms with van der Waals surface area (Å²) in [7, 11) is 0. The lowest BCUT2D eigenvalue weighted by Gasteiger charge is -2.21. The molecular formula is C20H21ClN4OS. The molecule has 0 atom stereocenters. The van der Waals surface area contributed by atoms with Crippen LogP contribution in [0.2, 0.25) is 5.02 Å². The molecule has 0 radical (unpaired) electrons. The maximum Gasteiger partial charge on any atom is 0.183 e. The van der Waals surface area contributed by atoms with E-state index in [2.05, 4.69) is 15.6 Å². The molecule has 1 aliphatic heterocycles. The molecule has 4 rings (SSSR count). The van der Waals surface area contributed by atoms with E-state index in [-0.39, 0.29) is 0 Å². The molecule has 3 heterocycles. The molecule has 0 amide bonds. The van der Waals surface area contributed by atoms with Gasteiger partial charge in [0.1, 0.15) is 5.82 Å². The summed E-state index contributed by atoms with van der Waals surface area (Å²) in [6.07, 6.45) is 3.88. The van der Waals surface area contributed by atoms with Crippen molar-refractivity contribution in [3.05, 3.63) is 53.0 Å². The fourth-order valence-electron chi connectivity index (χ4n) is 3.03. The van der Waals surface area contributed by atoms with Gasteiger partial charge >= 0.3 is 0 Å². The Balaban J connectivity index is 1.46. The number of ether oxygens (including phenoxy) is 1. The number of para-hydroxylation sites is 1. The molecule has 1 aliphatic rings. The summed E-state index contributed by atoms with van der Waals surface area (Å²) in [5.41, 5.74) is 2.72.